The van der Waals surface area contributed by atoms with Crippen molar-refractivity contribution in [2.24, 2.45) is 0 Å². The van der Waals surface area contributed by atoms with E-state index < -0.39 is 0 Å². The van der Waals surface area contributed by atoms with Crippen molar-refractivity contribution in [1.82, 2.24) is 0 Å². The molecule has 2 aromatic rings. The molecule has 0 saturated carbocycles. The monoisotopic (exact) mass is 285 g/mol. The maximum absolute atomic E-state index is 13.0. The molecule has 0 aliphatic carbocycles. The number of aliphatic hydroxyl groups is 1. The molecule has 1 saturated heterocycles. The molecule has 0 bridgehead atoms. The van der Waals surface area contributed by atoms with E-state index in [-0.39, 0.29) is 30.3 Å². The van der Waals surface area contributed by atoms with Crippen LogP contribution in [0.4, 0.5) is 10.1 Å². The van der Waals surface area contributed by atoms with Crippen LogP contribution < -0.4 is 4.90 Å². The Kier molecular flexibility index (Phi) is 3.71. The van der Waals surface area contributed by atoms with Crippen LogP contribution in [-0.2, 0) is 4.79 Å². The maximum Gasteiger partial charge on any atom is 0.228 e. The molecule has 1 N–H and O–H groups in total. The van der Waals surface area contributed by atoms with Crippen LogP contribution in [0.25, 0.3) is 0 Å². The molecule has 0 spiro atoms. The summed E-state index contributed by atoms with van der Waals surface area (Å²) in [5.74, 6) is -0.436. The zero-order valence-electron chi connectivity index (χ0n) is 11.4. The molecule has 1 aliphatic rings. The Bertz CT molecular complexity index is 627. The van der Waals surface area contributed by atoms with E-state index in [1.54, 1.807) is 17.0 Å². The molecule has 21 heavy (non-hydrogen) atoms. The number of nitrogens with zero attached hydrogens (tertiary/aromatic N) is 1. The third kappa shape index (κ3) is 2.54. The standard InChI is InChI=1S/C17H16FNO2/c18-13-6-8-14(9-7-13)19-16(11-20)15(10-17(19)21)12-4-2-1-3-5-12/h1-9,15-16,20H,10-11H2/t15-,16-/m0/s1. The lowest BCUT2D eigenvalue weighted by Gasteiger charge is -2.26. The Morgan fingerprint density at radius 1 is 1.10 bits per heavy atom. The smallest absolute Gasteiger partial charge is 0.228 e. The summed E-state index contributed by atoms with van der Waals surface area (Å²) in [6.45, 7) is -0.122. The van der Waals surface area contributed by atoms with E-state index in [1.807, 2.05) is 30.3 Å². The van der Waals surface area contributed by atoms with Crippen molar-refractivity contribution in [3.63, 3.8) is 0 Å². The molecule has 2 atom stereocenters. The number of anilines is 1. The summed E-state index contributed by atoms with van der Waals surface area (Å²) in [6.07, 6.45) is 0.354. The Hall–Kier alpha value is -2.20. The highest BCUT2D eigenvalue weighted by Crippen LogP contribution is 2.37. The minimum atomic E-state index is -0.342. The number of rotatable bonds is 3. The van der Waals surface area contributed by atoms with Crippen molar-refractivity contribution in [2.75, 3.05) is 11.5 Å². The highest BCUT2D eigenvalue weighted by Gasteiger charge is 2.40. The van der Waals surface area contributed by atoms with Crippen molar-refractivity contribution < 1.29 is 14.3 Å². The van der Waals surface area contributed by atoms with Gasteiger partial charge in [0.25, 0.3) is 0 Å². The van der Waals surface area contributed by atoms with Gasteiger partial charge in [0, 0.05) is 18.0 Å². The van der Waals surface area contributed by atoms with E-state index in [0.717, 1.165) is 5.56 Å². The first-order chi connectivity index (χ1) is 10.2. The van der Waals surface area contributed by atoms with Gasteiger partial charge < -0.3 is 10.0 Å². The number of carbonyl (C=O) groups excluding carboxylic acids is 1. The van der Waals surface area contributed by atoms with Gasteiger partial charge in [-0.25, -0.2) is 4.39 Å². The van der Waals surface area contributed by atoms with Gasteiger partial charge in [-0.15, -0.1) is 0 Å². The van der Waals surface area contributed by atoms with E-state index in [4.69, 9.17) is 0 Å². The van der Waals surface area contributed by atoms with Crippen LogP contribution in [0.15, 0.2) is 54.6 Å². The van der Waals surface area contributed by atoms with Crippen molar-refractivity contribution in [3.05, 3.63) is 66.0 Å². The average molecular weight is 285 g/mol. The topological polar surface area (TPSA) is 40.5 Å². The summed E-state index contributed by atoms with van der Waals surface area (Å²) < 4.78 is 13.0. The molecule has 1 aliphatic heterocycles. The number of hydrogen-bond acceptors (Lipinski definition) is 2. The van der Waals surface area contributed by atoms with Crippen LogP contribution in [0.3, 0.4) is 0 Å². The number of amides is 1. The number of halogens is 1. The lowest BCUT2D eigenvalue weighted by molar-refractivity contribution is -0.117. The number of hydrogen-bond donors (Lipinski definition) is 1. The second-order valence-electron chi connectivity index (χ2n) is 5.21. The van der Waals surface area contributed by atoms with E-state index in [0.29, 0.717) is 12.1 Å². The largest absolute Gasteiger partial charge is 0.394 e. The van der Waals surface area contributed by atoms with E-state index in [2.05, 4.69) is 0 Å². The van der Waals surface area contributed by atoms with Gasteiger partial charge >= 0.3 is 0 Å². The molecule has 1 heterocycles. The van der Waals surface area contributed by atoms with Crippen LogP contribution in [0.1, 0.15) is 17.9 Å². The lowest BCUT2D eigenvalue weighted by atomic mass is 9.92. The molecule has 3 rings (SSSR count). The second-order valence-corrected chi connectivity index (χ2v) is 5.21. The Labute approximate surface area is 122 Å². The third-order valence-electron chi connectivity index (χ3n) is 3.98. The fraction of sp³-hybridized carbons (Fsp3) is 0.235. The van der Waals surface area contributed by atoms with Crippen molar-refractivity contribution in [1.29, 1.82) is 0 Å². The predicted octanol–water partition coefficient (Wildman–Crippen LogP) is 2.71. The summed E-state index contributed by atoms with van der Waals surface area (Å²) in [6, 6.07) is 15.2. The van der Waals surface area contributed by atoms with Crippen LogP contribution in [0.5, 0.6) is 0 Å². The number of aliphatic hydroxyl groups excluding tert-OH is 1. The summed E-state index contributed by atoms with van der Waals surface area (Å²) in [4.78, 5) is 13.9. The molecule has 108 valence electrons. The highest BCUT2D eigenvalue weighted by molar-refractivity contribution is 5.97. The van der Waals surface area contributed by atoms with Crippen LogP contribution >= 0.6 is 0 Å². The van der Waals surface area contributed by atoms with Gasteiger partial charge in [0.2, 0.25) is 5.91 Å². The molecule has 0 unspecified atom stereocenters. The number of benzene rings is 2. The highest BCUT2D eigenvalue weighted by atomic mass is 19.1. The molecule has 1 fully saturated rings. The van der Waals surface area contributed by atoms with Crippen LogP contribution in [-0.4, -0.2) is 23.7 Å². The van der Waals surface area contributed by atoms with Gasteiger partial charge in [0.15, 0.2) is 0 Å². The first-order valence-electron chi connectivity index (χ1n) is 6.94. The molecular weight excluding hydrogens is 269 g/mol. The van der Waals surface area contributed by atoms with Gasteiger partial charge in [-0.2, -0.15) is 0 Å². The second kappa shape index (κ2) is 5.66. The van der Waals surface area contributed by atoms with Crippen molar-refractivity contribution in [3.8, 4) is 0 Å². The average Bonchev–Trinajstić information content (AvgIpc) is 2.85. The molecule has 4 heteroatoms. The van der Waals surface area contributed by atoms with Crippen LogP contribution in [0.2, 0.25) is 0 Å². The molecule has 1 amide bonds. The minimum Gasteiger partial charge on any atom is -0.394 e. The van der Waals surface area contributed by atoms with Gasteiger partial charge in [0.1, 0.15) is 5.82 Å². The lowest BCUT2D eigenvalue weighted by Crippen LogP contribution is -2.37. The Morgan fingerprint density at radius 3 is 2.38 bits per heavy atom. The number of carbonyl (C=O) groups is 1. The third-order valence-corrected chi connectivity index (χ3v) is 3.98. The van der Waals surface area contributed by atoms with E-state index in [9.17, 15) is 14.3 Å². The molecule has 0 radical (unpaired) electrons. The van der Waals surface area contributed by atoms with E-state index in [1.165, 1.54) is 12.1 Å². The summed E-state index contributed by atoms with van der Waals surface area (Å²) >= 11 is 0. The normalized spacial score (nSPS) is 21.8. The van der Waals surface area contributed by atoms with Crippen LogP contribution in [0, 0.1) is 5.82 Å². The molecule has 2 aromatic carbocycles. The minimum absolute atomic E-state index is 0.0467. The first-order valence-corrected chi connectivity index (χ1v) is 6.94. The van der Waals surface area contributed by atoms with Gasteiger partial charge in [-0.05, 0) is 29.8 Å². The van der Waals surface area contributed by atoms with Gasteiger partial charge in [-0.1, -0.05) is 30.3 Å². The summed E-state index contributed by atoms with van der Waals surface area (Å²) in [5.41, 5.74) is 1.66. The first kappa shape index (κ1) is 13.8. The molecule has 3 nitrogen and oxygen atoms in total. The SMILES string of the molecule is O=C1C[C@@H](c2ccccc2)[C@H](CO)N1c1ccc(F)cc1. The maximum atomic E-state index is 13.0. The van der Waals surface area contributed by atoms with Gasteiger partial charge in [0.05, 0.1) is 12.6 Å². The predicted molar refractivity (Wildman–Crippen MR) is 78.6 cm³/mol. The van der Waals surface area contributed by atoms with Crippen molar-refractivity contribution in [2.45, 2.75) is 18.4 Å². The van der Waals surface area contributed by atoms with Crippen molar-refractivity contribution >= 4 is 11.6 Å². The fourth-order valence-electron chi connectivity index (χ4n) is 2.97. The molecule has 0 aromatic heterocycles. The van der Waals surface area contributed by atoms with E-state index >= 15 is 0 Å². The fourth-order valence-corrected chi connectivity index (χ4v) is 2.97. The quantitative estimate of drug-likeness (QED) is 0.942. The zero-order chi connectivity index (χ0) is 14.8. The van der Waals surface area contributed by atoms with Gasteiger partial charge in [-0.3, -0.25) is 4.79 Å². The Morgan fingerprint density at radius 2 is 1.76 bits per heavy atom. The molecular formula is C17H16FNO2. The summed E-state index contributed by atoms with van der Waals surface area (Å²) in [7, 11) is 0. The summed E-state index contributed by atoms with van der Waals surface area (Å²) in [5, 5.41) is 9.73. The Balaban J connectivity index is 1.95. The zero-order valence-corrected chi connectivity index (χ0v) is 11.4.